The van der Waals surface area contributed by atoms with Crippen molar-refractivity contribution < 1.29 is 14.3 Å². The Balaban J connectivity index is 1.29. The van der Waals surface area contributed by atoms with Crippen molar-refractivity contribution in [2.75, 3.05) is 20.0 Å². The average molecular weight is 526 g/mol. The molecule has 200 valence electrons. The number of hydrogen-bond acceptors (Lipinski definition) is 7. The molecular weight excluding hydrogens is 494 g/mol. The predicted octanol–water partition coefficient (Wildman–Crippen LogP) is 3.70. The number of fused-ring (bicyclic) bond motifs is 1. The molecule has 0 aliphatic heterocycles. The first-order chi connectivity index (χ1) is 18.9. The molecule has 0 saturated heterocycles. The first-order valence-corrected chi connectivity index (χ1v) is 12.6. The summed E-state index contributed by atoms with van der Waals surface area (Å²) in [4.78, 5) is 17.4. The van der Waals surface area contributed by atoms with Crippen LogP contribution in [0.4, 0.5) is 5.82 Å². The zero-order valence-corrected chi connectivity index (χ0v) is 22.2. The van der Waals surface area contributed by atoms with Crippen LogP contribution in [0.15, 0.2) is 67.3 Å². The van der Waals surface area contributed by atoms with Gasteiger partial charge in [-0.2, -0.15) is 10.2 Å². The van der Waals surface area contributed by atoms with Crippen LogP contribution in [0.3, 0.4) is 0 Å². The number of hydrogen-bond donors (Lipinski definition) is 2. The SMILES string of the molecule is COCc1nn(Cc2ccc(Cn3cc(C)cn3)cc2)cc1C(=O)NCc1ccc2c(N)nccc2c1OC. The third-order valence-corrected chi connectivity index (χ3v) is 6.49. The average Bonchev–Trinajstić information content (AvgIpc) is 3.53. The lowest BCUT2D eigenvalue weighted by Gasteiger charge is -2.13. The number of anilines is 1. The monoisotopic (exact) mass is 525 g/mol. The highest BCUT2D eigenvalue weighted by atomic mass is 16.5. The highest BCUT2D eigenvalue weighted by Crippen LogP contribution is 2.31. The van der Waals surface area contributed by atoms with Gasteiger partial charge in [0.1, 0.15) is 17.3 Å². The summed E-state index contributed by atoms with van der Waals surface area (Å²) in [7, 11) is 3.18. The van der Waals surface area contributed by atoms with E-state index in [0.717, 1.165) is 33.0 Å². The number of nitrogen functional groups attached to an aromatic ring is 1. The number of nitrogens with one attached hydrogen (secondary N) is 1. The Labute approximate surface area is 226 Å². The Hall–Kier alpha value is -4.70. The summed E-state index contributed by atoms with van der Waals surface area (Å²) >= 11 is 0. The minimum absolute atomic E-state index is 0.226. The van der Waals surface area contributed by atoms with E-state index in [1.807, 2.05) is 42.2 Å². The van der Waals surface area contributed by atoms with Crippen LogP contribution in [0.2, 0.25) is 0 Å². The molecule has 39 heavy (non-hydrogen) atoms. The van der Waals surface area contributed by atoms with E-state index in [1.54, 1.807) is 31.3 Å². The van der Waals surface area contributed by atoms with E-state index in [-0.39, 0.29) is 19.1 Å². The highest BCUT2D eigenvalue weighted by molar-refractivity contribution is 5.97. The van der Waals surface area contributed by atoms with Gasteiger partial charge < -0.3 is 20.5 Å². The molecule has 0 aliphatic rings. The maximum Gasteiger partial charge on any atom is 0.255 e. The fourth-order valence-corrected chi connectivity index (χ4v) is 4.60. The molecular formula is C29H31N7O3. The second kappa shape index (κ2) is 11.4. The number of methoxy groups -OCH3 is 2. The van der Waals surface area contributed by atoms with Crippen LogP contribution in [0.25, 0.3) is 10.8 Å². The van der Waals surface area contributed by atoms with Gasteiger partial charge in [0.25, 0.3) is 5.91 Å². The van der Waals surface area contributed by atoms with Crippen LogP contribution < -0.4 is 15.8 Å². The van der Waals surface area contributed by atoms with Crippen molar-refractivity contribution in [1.29, 1.82) is 0 Å². The van der Waals surface area contributed by atoms with E-state index in [2.05, 4.69) is 44.8 Å². The number of nitrogens with two attached hydrogens (primary N) is 1. The molecule has 0 saturated carbocycles. The zero-order chi connectivity index (χ0) is 27.4. The number of pyridine rings is 1. The molecule has 10 nitrogen and oxygen atoms in total. The van der Waals surface area contributed by atoms with E-state index in [9.17, 15) is 4.79 Å². The molecule has 1 amide bonds. The van der Waals surface area contributed by atoms with Gasteiger partial charge in [0.2, 0.25) is 0 Å². The van der Waals surface area contributed by atoms with Gasteiger partial charge in [-0.3, -0.25) is 14.2 Å². The number of amides is 1. The van der Waals surface area contributed by atoms with Gasteiger partial charge >= 0.3 is 0 Å². The van der Waals surface area contributed by atoms with Gasteiger partial charge in [0, 0.05) is 48.6 Å². The summed E-state index contributed by atoms with van der Waals surface area (Å²) in [6, 6.07) is 13.9. The van der Waals surface area contributed by atoms with Gasteiger partial charge in [-0.15, -0.1) is 0 Å². The van der Waals surface area contributed by atoms with Gasteiger partial charge in [0.15, 0.2) is 0 Å². The van der Waals surface area contributed by atoms with E-state index < -0.39 is 0 Å². The predicted molar refractivity (Wildman–Crippen MR) is 148 cm³/mol. The number of nitrogens with zero attached hydrogens (tertiary/aromatic N) is 5. The Morgan fingerprint density at radius 1 is 0.974 bits per heavy atom. The van der Waals surface area contributed by atoms with Crippen molar-refractivity contribution in [2.24, 2.45) is 0 Å². The van der Waals surface area contributed by atoms with Gasteiger partial charge in [-0.05, 0) is 29.7 Å². The Kier molecular flexibility index (Phi) is 7.55. The first kappa shape index (κ1) is 25.9. The number of rotatable bonds is 10. The number of benzene rings is 2. The third kappa shape index (κ3) is 5.75. The van der Waals surface area contributed by atoms with Gasteiger partial charge in [0.05, 0.1) is 38.6 Å². The quantitative estimate of drug-likeness (QED) is 0.285. The summed E-state index contributed by atoms with van der Waals surface area (Å²) < 4.78 is 14.6. The second-order valence-electron chi connectivity index (χ2n) is 9.38. The van der Waals surface area contributed by atoms with E-state index in [4.69, 9.17) is 15.2 Å². The summed E-state index contributed by atoms with van der Waals surface area (Å²) in [6.45, 7) is 3.76. The topological polar surface area (TPSA) is 122 Å². The van der Waals surface area contributed by atoms with Crippen molar-refractivity contribution in [3.63, 3.8) is 0 Å². The fourth-order valence-electron chi connectivity index (χ4n) is 4.60. The maximum absolute atomic E-state index is 13.2. The van der Waals surface area contributed by atoms with E-state index in [1.165, 1.54) is 0 Å². The van der Waals surface area contributed by atoms with Crippen molar-refractivity contribution >= 4 is 22.5 Å². The number of carbonyl (C=O) groups is 1. The molecule has 0 aliphatic carbocycles. The summed E-state index contributed by atoms with van der Waals surface area (Å²) in [6.07, 6.45) is 7.27. The second-order valence-corrected chi connectivity index (χ2v) is 9.38. The standard InChI is InChI=1S/C29H31N7O3/c1-19-12-33-35(14-19)15-20-4-6-21(7-5-20)16-36-17-25(26(34-36)18-38-2)29(37)32-13-22-8-9-24-23(27(22)39-3)10-11-31-28(24)30/h4-12,14,17H,13,15-16,18H2,1-3H3,(H2,30,31)(H,32,37). The van der Waals surface area contributed by atoms with Crippen molar-refractivity contribution in [2.45, 2.75) is 33.2 Å². The summed E-state index contributed by atoms with van der Waals surface area (Å²) in [5, 5.41) is 13.6. The molecule has 10 heteroatoms. The van der Waals surface area contributed by atoms with Crippen molar-refractivity contribution in [3.8, 4) is 5.75 Å². The van der Waals surface area contributed by atoms with Crippen LogP contribution in [0.5, 0.6) is 5.75 Å². The molecule has 2 aromatic carbocycles. The largest absolute Gasteiger partial charge is 0.496 e. The summed E-state index contributed by atoms with van der Waals surface area (Å²) in [5.41, 5.74) is 11.2. The Morgan fingerprint density at radius 3 is 2.38 bits per heavy atom. The molecule has 5 rings (SSSR count). The maximum atomic E-state index is 13.2. The van der Waals surface area contributed by atoms with Crippen LogP contribution in [-0.4, -0.2) is 44.7 Å². The van der Waals surface area contributed by atoms with Crippen molar-refractivity contribution in [1.82, 2.24) is 29.9 Å². The van der Waals surface area contributed by atoms with Crippen molar-refractivity contribution in [3.05, 3.63) is 101 Å². The Morgan fingerprint density at radius 2 is 1.72 bits per heavy atom. The molecule has 5 aromatic rings. The Bertz CT molecular complexity index is 1610. The summed E-state index contributed by atoms with van der Waals surface area (Å²) in [5.74, 6) is 0.844. The molecule has 0 fully saturated rings. The van der Waals surface area contributed by atoms with Crippen LogP contribution in [-0.2, 0) is 31.0 Å². The molecule has 0 spiro atoms. The van der Waals surface area contributed by atoms with Gasteiger partial charge in [-0.25, -0.2) is 4.98 Å². The smallest absolute Gasteiger partial charge is 0.255 e. The lowest BCUT2D eigenvalue weighted by Crippen LogP contribution is -2.24. The van der Waals surface area contributed by atoms with E-state index >= 15 is 0 Å². The van der Waals surface area contributed by atoms with E-state index in [0.29, 0.717) is 35.9 Å². The molecule has 0 atom stereocenters. The molecule has 0 radical (unpaired) electrons. The normalized spacial score (nSPS) is 11.2. The van der Waals surface area contributed by atoms with Gasteiger partial charge in [-0.1, -0.05) is 36.4 Å². The molecule has 3 heterocycles. The zero-order valence-electron chi connectivity index (χ0n) is 22.2. The van der Waals surface area contributed by atoms with Crippen LogP contribution in [0.1, 0.15) is 38.3 Å². The number of carbonyl (C=O) groups excluding carboxylic acids is 1. The fraction of sp³-hybridized carbons (Fsp3) is 0.241. The minimum atomic E-state index is -0.241. The van der Waals surface area contributed by atoms with Crippen LogP contribution in [0, 0.1) is 6.92 Å². The molecule has 0 bridgehead atoms. The lowest BCUT2D eigenvalue weighted by atomic mass is 10.1. The molecule has 3 aromatic heterocycles. The number of ether oxygens (including phenoxy) is 2. The number of aryl methyl sites for hydroxylation is 1. The number of aromatic nitrogens is 5. The highest BCUT2D eigenvalue weighted by Gasteiger charge is 2.18. The molecule has 3 N–H and O–H groups in total. The first-order valence-electron chi connectivity index (χ1n) is 12.6. The van der Waals surface area contributed by atoms with Crippen LogP contribution >= 0.6 is 0 Å². The third-order valence-electron chi connectivity index (χ3n) is 6.49. The minimum Gasteiger partial charge on any atom is -0.496 e. The molecule has 0 unspecified atom stereocenters. The lowest BCUT2D eigenvalue weighted by molar-refractivity contribution is 0.0945.